The van der Waals surface area contributed by atoms with Crippen molar-refractivity contribution in [2.75, 3.05) is 25.6 Å². The Bertz CT molecular complexity index is 498. The maximum Gasteiger partial charge on any atom is 0.218 e. The number of benzene rings is 1. The summed E-state index contributed by atoms with van der Waals surface area (Å²) in [4.78, 5) is 0. The maximum absolute atomic E-state index is 12.3. The Morgan fingerprint density at radius 1 is 1.20 bits per heavy atom. The van der Waals surface area contributed by atoms with Gasteiger partial charge < -0.3 is 4.74 Å². The summed E-state index contributed by atoms with van der Waals surface area (Å²) in [6, 6.07) is 9.28. The minimum absolute atomic E-state index is 0.0705. The molecule has 0 spiro atoms. The predicted molar refractivity (Wildman–Crippen MR) is 80.3 cm³/mol. The lowest BCUT2D eigenvalue weighted by atomic mass is 10.1. The van der Waals surface area contributed by atoms with Crippen molar-refractivity contribution in [2.24, 2.45) is 0 Å². The van der Waals surface area contributed by atoms with E-state index in [1.807, 2.05) is 30.3 Å². The van der Waals surface area contributed by atoms with Crippen LogP contribution in [0.1, 0.15) is 18.4 Å². The maximum atomic E-state index is 12.3. The number of rotatable bonds is 6. The first-order valence-corrected chi connectivity index (χ1v) is 8.95. The molecule has 1 aromatic rings. The van der Waals surface area contributed by atoms with Gasteiger partial charge in [0.1, 0.15) is 0 Å². The monoisotopic (exact) mass is 317 g/mol. The van der Waals surface area contributed by atoms with Crippen molar-refractivity contribution < 1.29 is 13.2 Å². The average molecular weight is 318 g/mol. The highest BCUT2D eigenvalue weighted by Crippen LogP contribution is 2.19. The van der Waals surface area contributed by atoms with E-state index in [-0.39, 0.29) is 11.9 Å². The van der Waals surface area contributed by atoms with Crippen LogP contribution in [-0.4, -0.2) is 44.4 Å². The molecule has 112 valence electrons. The van der Waals surface area contributed by atoms with Crippen molar-refractivity contribution in [3.8, 4) is 0 Å². The number of nitrogens with zero attached hydrogens (tertiary/aromatic N) is 1. The summed E-state index contributed by atoms with van der Waals surface area (Å²) in [6.45, 7) is 1.59. The second-order valence-corrected chi connectivity index (χ2v) is 7.25. The highest BCUT2D eigenvalue weighted by atomic mass is 35.5. The van der Waals surface area contributed by atoms with Crippen LogP contribution in [0.3, 0.4) is 0 Å². The van der Waals surface area contributed by atoms with E-state index in [1.165, 1.54) is 0 Å². The van der Waals surface area contributed by atoms with Gasteiger partial charge in [-0.1, -0.05) is 30.3 Å². The molecule has 1 heterocycles. The van der Waals surface area contributed by atoms with E-state index in [0.29, 0.717) is 25.6 Å². The fraction of sp³-hybridized carbons (Fsp3) is 0.571. The van der Waals surface area contributed by atoms with Crippen LogP contribution in [0.15, 0.2) is 30.3 Å². The van der Waals surface area contributed by atoms with E-state index in [0.717, 1.165) is 18.4 Å². The molecule has 1 fully saturated rings. The minimum atomic E-state index is -3.23. The topological polar surface area (TPSA) is 46.6 Å². The Kier molecular flexibility index (Phi) is 5.84. The fourth-order valence-electron chi connectivity index (χ4n) is 2.36. The smallest absolute Gasteiger partial charge is 0.218 e. The molecule has 0 unspecified atom stereocenters. The lowest BCUT2D eigenvalue weighted by molar-refractivity contribution is 0.0301. The lowest BCUT2D eigenvalue weighted by Crippen LogP contribution is -2.41. The van der Waals surface area contributed by atoms with Gasteiger partial charge in [-0.2, -0.15) is 0 Å². The quantitative estimate of drug-likeness (QED) is 0.756. The van der Waals surface area contributed by atoms with Gasteiger partial charge >= 0.3 is 0 Å². The number of ether oxygens (including phenoxy) is 1. The third-order valence-electron chi connectivity index (χ3n) is 3.42. The van der Waals surface area contributed by atoms with Gasteiger partial charge in [0.2, 0.25) is 10.0 Å². The second-order valence-electron chi connectivity index (χ2n) is 4.90. The van der Waals surface area contributed by atoms with Crippen LogP contribution in [0.4, 0.5) is 0 Å². The highest BCUT2D eigenvalue weighted by molar-refractivity contribution is 7.88. The average Bonchev–Trinajstić information content (AvgIpc) is 2.46. The molecule has 0 aliphatic carbocycles. The summed E-state index contributed by atoms with van der Waals surface area (Å²) in [5.74, 6) is 0.549. The van der Waals surface area contributed by atoms with Gasteiger partial charge in [-0.25, -0.2) is 12.7 Å². The number of hydrogen-bond donors (Lipinski definition) is 0. The van der Waals surface area contributed by atoms with Crippen molar-refractivity contribution in [1.82, 2.24) is 4.31 Å². The van der Waals surface area contributed by atoms with Crippen LogP contribution in [-0.2, 0) is 20.5 Å². The molecular weight excluding hydrogens is 298 g/mol. The fourth-order valence-corrected chi connectivity index (χ4v) is 4.02. The summed E-state index contributed by atoms with van der Waals surface area (Å²) < 4.78 is 31.8. The van der Waals surface area contributed by atoms with Crippen LogP contribution >= 0.6 is 11.6 Å². The molecular formula is C14H20ClNO3S. The van der Waals surface area contributed by atoms with Gasteiger partial charge in [-0.15, -0.1) is 11.6 Å². The van der Waals surface area contributed by atoms with E-state index in [9.17, 15) is 8.42 Å². The van der Waals surface area contributed by atoms with Crippen molar-refractivity contribution in [3.63, 3.8) is 0 Å². The zero-order valence-corrected chi connectivity index (χ0v) is 12.9. The molecule has 2 rings (SSSR count). The van der Waals surface area contributed by atoms with Crippen LogP contribution < -0.4 is 0 Å². The normalized spacial score (nSPS) is 18.2. The number of sulfonamides is 1. The first-order valence-electron chi connectivity index (χ1n) is 6.81. The number of alkyl halides is 1. The van der Waals surface area contributed by atoms with Crippen LogP contribution in [0.25, 0.3) is 0 Å². The third kappa shape index (κ3) is 4.45. The lowest BCUT2D eigenvalue weighted by Gasteiger charge is -2.31. The molecule has 6 heteroatoms. The number of halogens is 1. The van der Waals surface area contributed by atoms with Gasteiger partial charge in [0, 0.05) is 19.0 Å². The number of piperidine rings is 1. The Balaban J connectivity index is 1.89. The molecule has 4 nitrogen and oxygen atoms in total. The summed E-state index contributed by atoms with van der Waals surface area (Å²) in [5.41, 5.74) is 0.827. The molecule has 0 amide bonds. The Hall–Kier alpha value is -0.620. The van der Waals surface area contributed by atoms with E-state index >= 15 is 0 Å². The SMILES string of the molecule is O=S(=O)(Cc1ccccc1)N1CCC(OCCCl)CC1. The van der Waals surface area contributed by atoms with E-state index in [4.69, 9.17) is 16.3 Å². The van der Waals surface area contributed by atoms with Crippen molar-refractivity contribution in [1.29, 1.82) is 0 Å². The molecule has 0 atom stereocenters. The summed E-state index contributed by atoms with van der Waals surface area (Å²) in [6.07, 6.45) is 1.62. The first kappa shape index (κ1) is 15.8. The van der Waals surface area contributed by atoms with Crippen LogP contribution in [0, 0.1) is 0 Å². The van der Waals surface area contributed by atoms with Crippen molar-refractivity contribution in [3.05, 3.63) is 35.9 Å². The molecule has 1 aromatic carbocycles. The van der Waals surface area contributed by atoms with E-state index in [1.54, 1.807) is 4.31 Å². The van der Waals surface area contributed by atoms with Crippen molar-refractivity contribution >= 4 is 21.6 Å². The summed E-state index contributed by atoms with van der Waals surface area (Å²) in [7, 11) is -3.23. The Morgan fingerprint density at radius 3 is 2.45 bits per heavy atom. The van der Waals surface area contributed by atoms with Crippen LogP contribution in [0.5, 0.6) is 0 Å². The first-order chi connectivity index (χ1) is 9.62. The molecule has 1 aliphatic heterocycles. The zero-order valence-electron chi connectivity index (χ0n) is 11.4. The van der Waals surface area contributed by atoms with Crippen LogP contribution in [0.2, 0.25) is 0 Å². The van der Waals surface area contributed by atoms with Gasteiger partial charge in [0.25, 0.3) is 0 Å². The van der Waals surface area contributed by atoms with E-state index < -0.39 is 10.0 Å². The van der Waals surface area contributed by atoms with Gasteiger partial charge in [0.15, 0.2) is 0 Å². The molecule has 0 aromatic heterocycles. The van der Waals surface area contributed by atoms with E-state index in [2.05, 4.69) is 0 Å². The van der Waals surface area contributed by atoms with Gasteiger partial charge in [0.05, 0.1) is 18.5 Å². The predicted octanol–water partition coefficient (Wildman–Crippen LogP) is 2.24. The second kappa shape index (κ2) is 7.41. The van der Waals surface area contributed by atoms with Crippen molar-refractivity contribution in [2.45, 2.75) is 24.7 Å². The molecule has 0 N–H and O–H groups in total. The highest BCUT2D eigenvalue weighted by Gasteiger charge is 2.28. The molecule has 0 saturated carbocycles. The Labute approximate surface area is 125 Å². The zero-order chi connectivity index (χ0) is 14.4. The van der Waals surface area contributed by atoms with Gasteiger partial charge in [-0.05, 0) is 18.4 Å². The molecule has 20 heavy (non-hydrogen) atoms. The standard InChI is InChI=1S/C14H20ClNO3S/c15-8-11-19-14-6-9-16(10-7-14)20(17,18)12-13-4-2-1-3-5-13/h1-5,14H,6-12H2. The molecule has 1 aliphatic rings. The number of hydrogen-bond acceptors (Lipinski definition) is 3. The van der Waals surface area contributed by atoms with Gasteiger partial charge in [-0.3, -0.25) is 0 Å². The summed E-state index contributed by atoms with van der Waals surface area (Å²) >= 11 is 5.58. The Morgan fingerprint density at radius 2 is 1.85 bits per heavy atom. The molecule has 0 radical (unpaired) electrons. The third-order valence-corrected chi connectivity index (χ3v) is 5.42. The minimum Gasteiger partial charge on any atom is -0.377 e. The largest absolute Gasteiger partial charge is 0.377 e. The summed E-state index contributed by atoms with van der Waals surface area (Å²) in [5, 5.41) is 0. The molecule has 0 bridgehead atoms. The molecule has 1 saturated heterocycles.